The van der Waals surface area contributed by atoms with E-state index in [1.807, 2.05) is 0 Å². The van der Waals surface area contributed by atoms with E-state index in [9.17, 15) is 18.4 Å². The Morgan fingerprint density at radius 1 is 1.43 bits per heavy atom. The lowest BCUT2D eigenvalue weighted by Gasteiger charge is -2.08. The highest BCUT2D eigenvalue weighted by atomic mass is 32.2. The Morgan fingerprint density at radius 3 is 2.87 bits per heavy atom. The Morgan fingerprint density at radius 2 is 2.17 bits per heavy atom. The van der Waals surface area contributed by atoms with Crippen molar-refractivity contribution in [2.45, 2.75) is 29.5 Å². The molecule has 8 heteroatoms. The third-order valence-corrected chi connectivity index (χ3v) is 5.12. The summed E-state index contributed by atoms with van der Waals surface area (Å²) in [7, 11) is 0. The van der Waals surface area contributed by atoms with Crippen molar-refractivity contribution in [3.8, 4) is 0 Å². The molecule has 1 aromatic carbocycles. The van der Waals surface area contributed by atoms with E-state index in [1.54, 1.807) is 6.92 Å². The van der Waals surface area contributed by atoms with Gasteiger partial charge in [-0.2, -0.15) is 0 Å². The van der Waals surface area contributed by atoms with Crippen molar-refractivity contribution in [1.82, 2.24) is 9.97 Å². The molecule has 0 saturated heterocycles. The number of thioether (sulfide) groups is 1. The Bertz CT molecular complexity index is 853. The molecule has 23 heavy (non-hydrogen) atoms. The summed E-state index contributed by atoms with van der Waals surface area (Å²) in [6, 6.07) is 3.05. The van der Waals surface area contributed by atoms with Gasteiger partial charge in [0.25, 0.3) is 5.56 Å². The number of benzene rings is 1. The van der Waals surface area contributed by atoms with Gasteiger partial charge in [0.05, 0.1) is 5.56 Å². The number of aliphatic carboxylic acids is 1. The Kier molecular flexibility index (Phi) is 3.93. The normalized spacial score (nSPS) is 19.6. The summed E-state index contributed by atoms with van der Waals surface area (Å²) in [6.45, 7) is 1.65. The average Bonchev–Trinajstić information content (AvgIpc) is 2.80. The van der Waals surface area contributed by atoms with Gasteiger partial charge in [-0.05, 0) is 23.8 Å². The van der Waals surface area contributed by atoms with Crippen LogP contribution >= 0.6 is 11.8 Å². The first kappa shape index (κ1) is 15.7. The highest BCUT2D eigenvalue weighted by Crippen LogP contribution is 2.42. The fourth-order valence-electron chi connectivity index (χ4n) is 2.58. The van der Waals surface area contributed by atoms with Crippen molar-refractivity contribution < 1.29 is 18.7 Å². The first-order chi connectivity index (χ1) is 10.9. The van der Waals surface area contributed by atoms with Gasteiger partial charge in [0.1, 0.15) is 27.7 Å². The number of H-pyrrole nitrogens is 1. The van der Waals surface area contributed by atoms with Crippen LogP contribution in [0.25, 0.3) is 0 Å². The lowest BCUT2D eigenvalue weighted by Crippen LogP contribution is -2.23. The molecule has 0 spiro atoms. The molecule has 0 aliphatic carbocycles. The molecule has 0 amide bonds. The van der Waals surface area contributed by atoms with Gasteiger partial charge in [0.2, 0.25) is 0 Å². The number of carboxylic acid groups (broad SMARTS) is 1. The zero-order valence-corrected chi connectivity index (χ0v) is 12.8. The second-order valence-electron chi connectivity index (χ2n) is 5.31. The Labute approximate surface area is 133 Å². The molecule has 0 saturated carbocycles. The number of nitrogens with zero attached hydrogens (tertiary/aromatic N) is 1. The number of hydrogen-bond donors (Lipinski definition) is 2. The number of aromatic amines is 1. The molecule has 1 aliphatic rings. The summed E-state index contributed by atoms with van der Waals surface area (Å²) < 4.78 is 26.9. The van der Waals surface area contributed by atoms with Crippen molar-refractivity contribution in [3.05, 3.63) is 57.1 Å². The Hall–Kier alpha value is -2.22. The van der Waals surface area contributed by atoms with E-state index in [0.717, 1.165) is 30.0 Å². The molecule has 2 N–H and O–H groups in total. The number of carboxylic acids is 1. The van der Waals surface area contributed by atoms with E-state index >= 15 is 0 Å². The van der Waals surface area contributed by atoms with E-state index in [2.05, 4.69) is 9.97 Å². The van der Waals surface area contributed by atoms with Crippen LogP contribution in [0.2, 0.25) is 0 Å². The summed E-state index contributed by atoms with van der Waals surface area (Å²) in [5.74, 6) is -2.50. The van der Waals surface area contributed by atoms with Crippen LogP contribution in [-0.4, -0.2) is 26.3 Å². The van der Waals surface area contributed by atoms with Gasteiger partial charge >= 0.3 is 5.97 Å². The third kappa shape index (κ3) is 2.86. The van der Waals surface area contributed by atoms with Crippen LogP contribution in [0.3, 0.4) is 0 Å². The second kappa shape index (κ2) is 5.77. The van der Waals surface area contributed by atoms with Gasteiger partial charge in [0.15, 0.2) is 0 Å². The van der Waals surface area contributed by atoms with Crippen molar-refractivity contribution in [1.29, 1.82) is 0 Å². The van der Waals surface area contributed by atoms with Gasteiger partial charge in [-0.25, -0.2) is 13.8 Å². The highest BCUT2D eigenvalue weighted by molar-refractivity contribution is 8.00. The first-order valence-electron chi connectivity index (χ1n) is 6.83. The quantitative estimate of drug-likeness (QED) is 0.839. The molecule has 1 aliphatic heterocycles. The highest BCUT2D eigenvalue weighted by Gasteiger charge is 2.38. The third-order valence-electron chi connectivity index (χ3n) is 3.73. The molecule has 2 aromatic rings. The van der Waals surface area contributed by atoms with E-state index in [0.29, 0.717) is 10.6 Å². The summed E-state index contributed by atoms with van der Waals surface area (Å²) in [6.07, 6.45) is -0.0845. The lowest BCUT2D eigenvalue weighted by atomic mass is 10.0. The van der Waals surface area contributed by atoms with Crippen LogP contribution in [0.1, 0.15) is 29.8 Å². The summed E-state index contributed by atoms with van der Waals surface area (Å²) in [5.41, 5.74) is -0.0460. The summed E-state index contributed by atoms with van der Waals surface area (Å²) in [5, 5.41) is 8.72. The molecular formula is C15H12F2N2O3S. The van der Waals surface area contributed by atoms with Crippen LogP contribution in [0, 0.1) is 11.6 Å². The van der Waals surface area contributed by atoms with E-state index in [-0.39, 0.29) is 17.8 Å². The van der Waals surface area contributed by atoms with Gasteiger partial charge in [-0.15, -0.1) is 0 Å². The molecular weight excluding hydrogens is 326 g/mol. The molecule has 120 valence electrons. The lowest BCUT2D eigenvalue weighted by molar-refractivity contribution is -0.136. The second-order valence-corrected chi connectivity index (χ2v) is 6.44. The number of hydrogen-bond acceptors (Lipinski definition) is 4. The molecule has 2 unspecified atom stereocenters. The molecule has 3 rings (SSSR count). The Balaban J connectivity index is 1.97. The topological polar surface area (TPSA) is 83.0 Å². The minimum absolute atomic E-state index is 0.0685. The molecule has 0 fully saturated rings. The van der Waals surface area contributed by atoms with Gasteiger partial charge in [-0.3, -0.25) is 9.59 Å². The number of aromatic nitrogens is 2. The van der Waals surface area contributed by atoms with Gasteiger partial charge in [0, 0.05) is 12.3 Å². The molecule has 2 heterocycles. The van der Waals surface area contributed by atoms with Crippen molar-refractivity contribution in [3.63, 3.8) is 0 Å². The summed E-state index contributed by atoms with van der Waals surface area (Å²) >= 11 is 1.00. The van der Waals surface area contributed by atoms with Gasteiger partial charge in [-0.1, -0.05) is 18.7 Å². The predicted octanol–water partition coefficient (Wildman–Crippen LogP) is 2.30. The van der Waals surface area contributed by atoms with Crippen LogP contribution < -0.4 is 5.56 Å². The van der Waals surface area contributed by atoms with E-state index in [1.165, 1.54) is 0 Å². The van der Waals surface area contributed by atoms with Gasteiger partial charge < -0.3 is 10.1 Å². The number of fused-ring (bicyclic) bond motifs is 1. The van der Waals surface area contributed by atoms with Crippen LogP contribution in [0.15, 0.2) is 28.0 Å². The fraction of sp³-hybridized carbons (Fsp3) is 0.267. The molecule has 5 nitrogen and oxygen atoms in total. The van der Waals surface area contributed by atoms with E-state index in [4.69, 9.17) is 5.11 Å². The number of halogens is 2. The zero-order chi connectivity index (χ0) is 16.7. The number of nitrogens with one attached hydrogen (secondary N) is 1. The van der Waals surface area contributed by atoms with Crippen molar-refractivity contribution in [2.75, 3.05) is 0 Å². The SMILES string of the molecule is CC1c2c(nc(Cc3cc(F)ccc3F)[nH]c2=O)SC1C(=O)O. The molecule has 1 aromatic heterocycles. The smallest absolute Gasteiger partial charge is 0.317 e. The maximum Gasteiger partial charge on any atom is 0.317 e. The predicted molar refractivity (Wildman–Crippen MR) is 79.7 cm³/mol. The zero-order valence-electron chi connectivity index (χ0n) is 12.0. The monoisotopic (exact) mass is 338 g/mol. The largest absolute Gasteiger partial charge is 0.480 e. The maximum atomic E-state index is 13.7. The van der Waals surface area contributed by atoms with Crippen molar-refractivity contribution >= 4 is 17.7 Å². The van der Waals surface area contributed by atoms with Crippen LogP contribution in [0.4, 0.5) is 8.78 Å². The standard InChI is InChI=1S/C15H12F2N2O3S/c1-6-11-13(20)18-10(19-14(11)23-12(6)15(21)22)5-7-4-8(16)2-3-9(7)17/h2-4,6,12H,5H2,1H3,(H,21,22)(H,18,19,20). The maximum absolute atomic E-state index is 13.7. The van der Waals surface area contributed by atoms with Crippen LogP contribution in [-0.2, 0) is 11.2 Å². The minimum atomic E-state index is -1.02. The summed E-state index contributed by atoms with van der Waals surface area (Å²) in [4.78, 5) is 30.1. The first-order valence-corrected chi connectivity index (χ1v) is 7.71. The molecule has 0 bridgehead atoms. The fourth-order valence-corrected chi connectivity index (χ4v) is 3.83. The average molecular weight is 338 g/mol. The number of carbonyl (C=O) groups is 1. The van der Waals surface area contributed by atoms with E-state index < -0.39 is 34.3 Å². The molecule has 0 radical (unpaired) electrons. The van der Waals surface area contributed by atoms with Crippen LogP contribution in [0.5, 0.6) is 0 Å². The number of rotatable bonds is 3. The molecule has 2 atom stereocenters. The minimum Gasteiger partial charge on any atom is -0.480 e. The van der Waals surface area contributed by atoms with Crippen molar-refractivity contribution in [2.24, 2.45) is 0 Å².